The molecule has 0 aliphatic heterocycles. The van der Waals surface area contributed by atoms with E-state index in [-0.39, 0.29) is 5.56 Å². The summed E-state index contributed by atoms with van der Waals surface area (Å²) in [5.74, 6) is -2.21. The van der Waals surface area contributed by atoms with Gasteiger partial charge in [-0.2, -0.15) is 0 Å². The van der Waals surface area contributed by atoms with E-state index in [2.05, 4.69) is 57.1 Å². The van der Waals surface area contributed by atoms with E-state index < -0.39 is 5.92 Å². The number of nitrogens with zero attached hydrogens (tertiary/aromatic N) is 2. The summed E-state index contributed by atoms with van der Waals surface area (Å²) in [4.78, 5) is 7.71. The molecule has 0 aliphatic rings. The summed E-state index contributed by atoms with van der Waals surface area (Å²) in [6, 6.07) is 21.2. The lowest BCUT2D eigenvalue weighted by molar-refractivity contribution is 0.0176. The molecular formula is C24H19F2N3. The number of halogens is 2. The van der Waals surface area contributed by atoms with Crippen molar-refractivity contribution in [2.45, 2.75) is 12.8 Å². The number of aryl methyl sites for hydroxylation is 1. The number of alkyl halides is 2. The topological polar surface area (TPSA) is 33.6 Å². The Hall–Kier alpha value is -3.47. The summed E-state index contributed by atoms with van der Waals surface area (Å²) in [5, 5.41) is 1.20. The monoisotopic (exact) mass is 387 g/mol. The molecule has 0 amide bonds. The van der Waals surface area contributed by atoms with Crippen LogP contribution in [0.1, 0.15) is 12.5 Å². The number of nitrogens with one attached hydrogen (secondary N) is 1. The largest absolute Gasteiger partial charge is 0.351 e. The second-order valence-electron chi connectivity index (χ2n) is 7.48. The molecule has 0 saturated carbocycles. The first-order valence-corrected chi connectivity index (χ1v) is 9.42. The van der Waals surface area contributed by atoms with Gasteiger partial charge in [-0.25, -0.2) is 13.8 Å². The maximum absolute atomic E-state index is 13.6. The molecule has 3 nitrogen and oxygen atoms in total. The van der Waals surface area contributed by atoms with E-state index in [0.717, 1.165) is 23.6 Å². The smallest absolute Gasteiger partial charge is 0.270 e. The standard InChI is InChI=1S/C24H19F2N3/c1-24(25,26)19-8-9-20-21(14-19)28-23(27-20)16-5-3-15(4-6-16)17-7-10-22-18(13-17)11-12-29(22)2/h3-14H,1-2H3,(H,27,28). The first kappa shape index (κ1) is 17.6. The maximum atomic E-state index is 13.6. The van der Waals surface area contributed by atoms with E-state index in [1.54, 1.807) is 6.07 Å². The molecule has 0 aliphatic carbocycles. The minimum atomic E-state index is -2.87. The maximum Gasteiger partial charge on any atom is 0.270 e. The summed E-state index contributed by atoms with van der Waals surface area (Å²) in [7, 11) is 2.04. The number of imidazole rings is 1. The molecule has 0 radical (unpaired) electrons. The van der Waals surface area contributed by atoms with Crippen molar-refractivity contribution in [2.75, 3.05) is 0 Å². The van der Waals surface area contributed by atoms with Crippen molar-refractivity contribution in [2.24, 2.45) is 7.05 Å². The van der Waals surface area contributed by atoms with Gasteiger partial charge in [0.1, 0.15) is 5.82 Å². The average Bonchev–Trinajstić information content (AvgIpc) is 3.30. The van der Waals surface area contributed by atoms with Gasteiger partial charge in [0.05, 0.1) is 11.0 Å². The number of aromatic amines is 1. The SMILES string of the molecule is Cn1ccc2cc(-c3ccc(-c4nc5ccc(C(C)(F)F)cc5[nH]4)cc3)ccc21. The summed E-state index contributed by atoms with van der Waals surface area (Å²) in [5.41, 5.74) is 5.63. The Morgan fingerprint density at radius 3 is 2.34 bits per heavy atom. The zero-order valence-electron chi connectivity index (χ0n) is 16.1. The molecule has 5 rings (SSSR count). The van der Waals surface area contributed by atoms with Gasteiger partial charge in [-0.1, -0.05) is 36.4 Å². The fourth-order valence-corrected chi connectivity index (χ4v) is 3.70. The van der Waals surface area contributed by atoms with Crippen LogP contribution in [0, 0.1) is 0 Å². The molecule has 0 saturated heterocycles. The van der Waals surface area contributed by atoms with Crippen LogP contribution < -0.4 is 0 Å². The zero-order chi connectivity index (χ0) is 20.2. The number of fused-ring (bicyclic) bond motifs is 2. The van der Waals surface area contributed by atoms with Gasteiger partial charge in [0.2, 0.25) is 0 Å². The van der Waals surface area contributed by atoms with Crippen molar-refractivity contribution in [3.05, 3.63) is 78.5 Å². The van der Waals surface area contributed by atoms with Gasteiger partial charge in [-0.05, 0) is 41.5 Å². The van der Waals surface area contributed by atoms with Crippen LogP contribution in [0.15, 0.2) is 72.9 Å². The molecule has 0 atom stereocenters. The highest BCUT2D eigenvalue weighted by molar-refractivity contribution is 5.86. The third kappa shape index (κ3) is 3.09. The molecule has 144 valence electrons. The lowest BCUT2D eigenvalue weighted by Crippen LogP contribution is -2.06. The highest BCUT2D eigenvalue weighted by Crippen LogP contribution is 2.31. The van der Waals surface area contributed by atoms with Crippen LogP contribution in [0.2, 0.25) is 0 Å². The van der Waals surface area contributed by atoms with Gasteiger partial charge in [0.25, 0.3) is 5.92 Å². The molecule has 5 heteroatoms. The number of aromatic nitrogens is 3. The van der Waals surface area contributed by atoms with Crippen LogP contribution in [0.4, 0.5) is 8.78 Å². The lowest BCUT2D eigenvalue weighted by Gasteiger charge is -2.09. The molecule has 3 aromatic carbocycles. The fourth-order valence-electron chi connectivity index (χ4n) is 3.70. The van der Waals surface area contributed by atoms with E-state index in [9.17, 15) is 8.78 Å². The van der Waals surface area contributed by atoms with Crippen LogP contribution in [-0.2, 0) is 13.0 Å². The van der Waals surface area contributed by atoms with Crippen molar-refractivity contribution >= 4 is 21.9 Å². The van der Waals surface area contributed by atoms with E-state index in [1.807, 2.05) is 19.2 Å². The highest BCUT2D eigenvalue weighted by atomic mass is 19.3. The molecule has 1 N–H and O–H groups in total. The first-order valence-electron chi connectivity index (χ1n) is 9.42. The van der Waals surface area contributed by atoms with Crippen molar-refractivity contribution < 1.29 is 8.78 Å². The van der Waals surface area contributed by atoms with Crippen molar-refractivity contribution in [3.8, 4) is 22.5 Å². The van der Waals surface area contributed by atoms with Gasteiger partial charge >= 0.3 is 0 Å². The van der Waals surface area contributed by atoms with Gasteiger partial charge in [0, 0.05) is 42.2 Å². The van der Waals surface area contributed by atoms with Crippen LogP contribution in [0.3, 0.4) is 0 Å². The minimum Gasteiger partial charge on any atom is -0.351 e. The normalized spacial score (nSPS) is 12.1. The van der Waals surface area contributed by atoms with E-state index >= 15 is 0 Å². The highest BCUT2D eigenvalue weighted by Gasteiger charge is 2.24. The molecule has 2 heterocycles. The molecule has 0 unspecified atom stereocenters. The van der Waals surface area contributed by atoms with E-state index in [4.69, 9.17) is 0 Å². The number of hydrogen-bond donors (Lipinski definition) is 1. The first-order chi connectivity index (χ1) is 13.9. The van der Waals surface area contributed by atoms with Crippen LogP contribution in [0.25, 0.3) is 44.5 Å². The Kier molecular flexibility index (Phi) is 3.81. The minimum absolute atomic E-state index is 0.0214. The summed E-state index contributed by atoms with van der Waals surface area (Å²) in [6.45, 7) is 0.900. The van der Waals surface area contributed by atoms with Crippen LogP contribution in [-0.4, -0.2) is 14.5 Å². The van der Waals surface area contributed by atoms with Gasteiger partial charge in [-0.3, -0.25) is 0 Å². The quantitative estimate of drug-likeness (QED) is 0.377. The van der Waals surface area contributed by atoms with Crippen molar-refractivity contribution in [1.29, 1.82) is 0 Å². The Morgan fingerprint density at radius 1 is 0.862 bits per heavy atom. The zero-order valence-corrected chi connectivity index (χ0v) is 16.1. The number of hydrogen-bond acceptors (Lipinski definition) is 1. The predicted octanol–water partition coefficient (Wildman–Crippen LogP) is 6.50. The third-order valence-electron chi connectivity index (χ3n) is 5.37. The Balaban J connectivity index is 1.49. The second kappa shape index (κ2) is 6.27. The Labute approximate surface area is 166 Å². The lowest BCUT2D eigenvalue weighted by atomic mass is 10.0. The van der Waals surface area contributed by atoms with Gasteiger partial charge in [-0.15, -0.1) is 0 Å². The van der Waals surface area contributed by atoms with E-state index in [0.29, 0.717) is 16.9 Å². The summed E-state index contributed by atoms with van der Waals surface area (Å²) >= 11 is 0. The molecule has 5 aromatic rings. The molecule has 29 heavy (non-hydrogen) atoms. The van der Waals surface area contributed by atoms with Crippen molar-refractivity contribution in [3.63, 3.8) is 0 Å². The summed E-state index contributed by atoms with van der Waals surface area (Å²) < 4.78 is 29.3. The fraction of sp³-hybridized carbons (Fsp3) is 0.125. The number of benzene rings is 3. The molecular weight excluding hydrogens is 368 g/mol. The van der Waals surface area contributed by atoms with E-state index in [1.165, 1.54) is 23.0 Å². The van der Waals surface area contributed by atoms with Crippen molar-refractivity contribution in [1.82, 2.24) is 14.5 Å². The number of H-pyrrole nitrogens is 1. The summed E-state index contributed by atoms with van der Waals surface area (Å²) in [6.07, 6.45) is 2.05. The molecule has 0 spiro atoms. The second-order valence-corrected chi connectivity index (χ2v) is 7.48. The number of rotatable bonds is 3. The molecule has 0 bridgehead atoms. The van der Waals surface area contributed by atoms with Gasteiger partial charge in [0.15, 0.2) is 0 Å². The molecule has 2 aromatic heterocycles. The van der Waals surface area contributed by atoms with Gasteiger partial charge < -0.3 is 9.55 Å². The van der Waals surface area contributed by atoms with Crippen LogP contribution in [0.5, 0.6) is 0 Å². The average molecular weight is 387 g/mol. The Morgan fingerprint density at radius 2 is 1.59 bits per heavy atom. The predicted molar refractivity (Wildman–Crippen MR) is 113 cm³/mol. The Bertz CT molecular complexity index is 1340. The third-order valence-corrected chi connectivity index (χ3v) is 5.37. The van der Waals surface area contributed by atoms with Crippen LogP contribution >= 0.6 is 0 Å². The molecule has 0 fully saturated rings.